The maximum atomic E-state index is 6.31. The second-order valence-electron chi connectivity index (χ2n) is 4.27. The first-order valence-electron chi connectivity index (χ1n) is 6.10. The van der Waals surface area contributed by atoms with Gasteiger partial charge in [0.05, 0.1) is 0 Å². The molecule has 0 radical (unpaired) electrons. The van der Waals surface area contributed by atoms with Gasteiger partial charge in [-0.25, -0.2) is 0 Å². The molecule has 15 heavy (non-hydrogen) atoms. The summed E-state index contributed by atoms with van der Waals surface area (Å²) in [5.74, 6) is 0.641. The SMILES string of the molecule is CCCC(CCC)C(N)c1ccccc1. The smallest absolute Gasteiger partial charge is 0.0323 e. The summed E-state index contributed by atoms with van der Waals surface area (Å²) >= 11 is 0. The highest BCUT2D eigenvalue weighted by Gasteiger charge is 2.17. The van der Waals surface area contributed by atoms with E-state index < -0.39 is 0 Å². The van der Waals surface area contributed by atoms with Crippen LogP contribution in [0.1, 0.15) is 51.1 Å². The zero-order valence-electron chi connectivity index (χ0n) is 9.95. The van der Waals surface area contributed by atoms with Crippen LogP contribution in [-0.2, 0) is 0 Å². The van der Waals surface area contributed by atoms with Crippen molar-refractivity contribution in [3.8, 4) is 0 Å². The van der Waals surface area contributed by atoms with Crippen LogP contribution in [0.2, 0.25) is 0 Å². The summed E-state index contributed by atoms with van der Waals surface area (Å²) < 4.78 is 0. The quantitative estimate of drug-likeness (QED) is 0.749. The van der Waals surface area contributed by atoms with E-state index in [9.17, 15) is 0 Å². The van der Waals surface area contributed by atoms with E-state index in [0.29, 0.717) is 5.92 Å². The maximum Gasteiger partial charge on any atom is 0.0323 e. The van der Waals surface area contributed by atoms with Gasteiger partial charge in [-0.15, -0.1) is 0 Å². The van der Waals surface area contributed by atoms with Gasteiger partial charge in [0.15, 0.2) is 0 Å². The van der Waals surface area contributed by atoms with Crippen molar-refractivity contribution >= 4 is 0 Å². The molecular formula is C14H23N. The Kier molecular flexibility index (Phi) is 5.41. The van der Waals surface area contributed by atoms with E-state index >= 15 is 0 Å². The van der Waals surface area contributed by atoms with Gasteiger partial charge in [-0.05, 0) is 24.3 Å². The molecule has 1 rings (SSSR count). The van der Waals surface area contributed by atoms with Gasteiger partial charge in [-0.3, -0.25) is 0 Å². The lowest BCUT2D eigenvalue weighted by Gasteiger charge is -2.23. The van der Waals surface area contributed by atoms with Crippen LogP contribution >= 0.6 is 0 Å². The van der Waals surface area contributed by atoms with Crippen molar-refractivity contribution < 1.29 is 0 Å². The monoisotopic (exact) mass is 205 g/mol. The van der Waals surface area contributed by atoms with Crippen LogP contribution in [0.3, 0.4) is 0 Å². The third-order valence-corrected chi connectivity index (χ3v) is 3.01. The van der Waals surface area contributed by atoms with Crippen molar-refractivity contribution in [3.05, 3.63) is 35.9 Å². The molecule has 0 fully saturated rings. The predicted molar refractivity (Wildman–Crippen MR) is 66.7 cm³/mol. The lowest BCUT2D eigenvalue weighted by atomic mass is 9.87. The minimum absolute atomic E-state index is 0.214. The van der Waals surface area contributed by atoms with Gasteiger partial charge < -0.3 is 5.73 Å². The van der Waals surface area contributed by atoms with Crippen molar-refractivity contribution in [1.29, 1.82) is 0 Å². The molecule has 1 atom stereocenters. The normalized spacial score (nSPS) is 13.1. The van der Waals surface area contributed by atoms with Crippen molar-refractivity contribution in [2.75, 3.05) is 0 Å². The van der Waals surface area contributed by atoms with Crippen molar-refractivity contribution in [3.63, 3.8) is 0 Å². The van der Waals surface area contributed by atoms with Crippen LogP contribution in [-0.4, -0.2) is 0 Å². The fourth-order valence-corrected chi connectivity index (χ4v) is 2.19. The van der Waals surface area contributed by atoms with Gasteiger partial charge in [0.25, 0.3) is 0 Å². The molecule has 0 saturated carbocycles. The summed E-state index contributed by atoms with van der Waals surface area (Å²) in [6, 6.07) is 10.7. The summed E-state index contributed by atoms with van der Waals surface area (Å²) in [6.45, 7) is 4.47. The van der Waals surface area contributed by atoms with Crippen molar-refractivity contribution in [2.24, 2.45) is 11.7 Å². The molecular weight excluding hydrogens is 182 g/mol. The van der Waals surface area contributed by atoms with Crippen LogP contribution in [0.4, 0.5) is 0 Å². The van der Waals surface area contributed by atoms with Crippen LogP contribution in [0, 0.1) is 5.92 Å². The summed E-state index contributed by atoms with van der Waals surface area (Å²) in [7, 11) is 0. The minimum Gasteiger partial charge on any atom is -0.324 e. The third kappa shape index (κ3) is 3.67. The Bertz CT molecular complexity index is 249. The second-order valence-corrected chi connectivity index (χ2v) is 4.27. The third-order valence-electron chi connectivity index (χ3n) is 3.01. The topological polar surface area (TPSA) is 26.0 Å². The second kappa shape index (κ2) is 6.62. The molecule has 0 saturated heterocycles. The molecule has 0 bridgehead atoms. The molecule has 0 heterocycles. The summed E-state index contributed by atoms with van der Waals surface area (Å²) in [5.41, 5.74) is 7.59. The van der Waals surface area contributed by atoms with Crippen LogP contribution in [0.15, 0.2) is 30.3 Å². The Balaban J connectivity index is 2.67. The Morgan fingerprint density at radius 2 is 1.53 bits per heavy atom. The van der Waals surface area contributed by atoms with Crippen LogP contribution in [0.5, 0.6) is 0 Å². The van der Waals surface area contributed by atoms with E-state index in [2.05, 4.69) is 38.1 Å². The number of nitrogens with two attached hydrogens (primary N) is 1. The average Bonchev–Trinajstić information content (AvgIpc) is 2.29. The molecule has 84 valence electrons. The highest BCUT2D eigenvalue weighted by atomic mass is 14.6. The first-order chi connectivity index (χ1) is 7.29. The van der Waals surface area contributed by atoms with Gasteiger partial charge in [0.2, 0.25) is 0 Å². The molecule has 1 heteroatoms. The van der Waals surface area contributed by atoms with E-state index in [1.54, 1.807) is 0 Å². The standard InChI is InChI=1S/C14H23N/c1-3-8-12(9-4-2)14(15)13-10-6-5-7-11-13/h5-7,10-12,14H,3-4,8-9,15H2,1-2H3. The number of rotatable bonds is 6. The highest BCUT2D eigenvalue weighted by Crippen LogP contribution is 2.27. The van der Waals surface area contributed by atoms with Crippen molar-refractivity contribution in [1.82, 2.24) is 0 Å². The largest absolute Gasteiger partial charge is 0.324 e. The lowest BCUT2D eigenvalue weighted by Crippen LogP contribution is -2.21. The first kappa shape index (κ1) is 12.3. The number of benzene rings is 1. The van der Waals surface area contributed by atoms with Gasteiger partial charge in [0, 0.05) is 6.04 Å². The molecule has 0 aliphatic heterocycles. The Morgan fingerprint density at radius 1 is 1.00 bits per heavy atom. The zero-order valence-corrected chi connectivity index (χ0v) is 9.95. The first-order valence-corrected chi connectivity index (χ1v) is 6.10. The molecule has 1 aromatic rings. The Labute approximate surface area is 93.7 Å². The van der Waals surface area contributed by atoms with Gasteiger partial charge in [-0.2, -0.15) is 0 Å². The van der Waals surface area contributed by atoms with E-state index in [4.69, 9.17) is 5.73 Å². The molecule has 1 nitrogen and oxygen atoms in total. The summed E-state index contributed by atoms with van der Waals surface area (Å²) in [6.07, 6.45) is 4.93. The Hall–Kier alpha value is -0.820. The van der Waals surface area contributed by atoms with Gasteiger partial charge >= 0.3 is 0 Å². The fraction of sp³-hybridized carbons (Fsp3) is 0.571. The predicted octanol–water partition coefficient (Wildman–Crippen LogP) is 3.90. The number of hydrogen-bond donors (Lipinski definition) is 1. The molecule has 0 amide bonds. The highest BCUT2D eigenvalue weighted by molar-refractivity contribution is 5.19. The van der Waals surface area contributed by atoms with Crippen LogP contribution in [0.25, 0.3) is 0 Å². The minimum atomic E-state index is 0.214. The van der Waals surface area contributed by atoms with E-state index in [-0.39, 0.29) is 6.04 Å². The van der Waals surface area contributed by atoms with Gasteiger partial charge in [-0.1, -0.05) is 57.0 Å². The Morgan fingerprint density at radius 3 is 2.00 bits per heavy atom. The maximum absolute atomic E-state index is 6.31. The van der Waals surface area contributed by atoms with E-state index in [1.807, 2.05) is 6.07 Å². The van der Waals surface area contributed by atoms with Gasteiger partial charge in [0.1, 0.15) is 0 Å². The molecule has 0 aromatic heterocycles. The average molecular weight is 205 g/mol. The summed E-state index contributed by atoms with van der Waals surface area (Å²) in [5, 5.41) is 0. The molecule has 1 aromatic carbocycles. The van der Waals surface area contributed by atoms with Crippen LogP contribution < -0.4 is 5.73 Å². The van der Waals surface area contributed by atoms with E-state index in [1.165, 1.54) is 31.2 Å². The number of hydrogen-bond acceptors (Lipinski definition) is 1. The lowest BCUT2D eigenvalue weighted by molar-refractivity contribution is 0.368. The summed E-state index contributed by atoms with van der Waals surface area (Å²) in [4.78, 5) is 0. The molecule has 0 spiro atoms. The van der Waals surface area contributed by atoms with E-state index in [0.717, 1.165) is 0 Å². The van der Waals surface area contributed by atoms with Crippen molar-refractivity contribution in [2.45, 2.75) is 45.6 Å². The molecule has 0 aliphatic carbocycles. The zero-order chi connectivity index (χ0) is 11.1. The fourth-order valence-electron chi connectivity index (χ4n) is 2.19. The molecule has 2 N–H and O–H groups in total. The molecule has 1 unspecified atom stereocenters. The molecule has 0 aliphatic rings.